The minimum Gasteiger partial charge on any atom is -0.481 e. The summed E-state index contributed by atoms with van der Waals surface area (Å²) in [4.78, 5) is 19.5. The summed E-state index contributed by atoms with van der Waals surface area (Å²) in [5, 5.41) is 16.5. The number of carboxylic acid groups (broad SMARTS) is 1. The van der Waals surface area contributed by atoms with E-state index in [1.807, 2.05) is 0 Å². The van der Waals surface area contributed by atoms with E-state index >= 15 is 0 Å². The molecule has 1 atom stereocenters. The van der Waals surface area contributed by atoms with Crippen molar-refractivity contribution in [3.63, 3.8) is 0 Å². The monoisotopic (exact) mass is 132 g/mol. The molecule has 0 heterocycles. The molecular formula is C5H8O4. The van der Waals surface area contributed by atoms with E-state index in [0.717, 1.165) is 0 Å². The number of carboxylic acids is 1. The van der Waals surface area contributed by atoms with Gasteiger partial charge in [-0.05, 0) is 6.42 Å². The van der Waals surface area contributed by atoms with Gasteiger partial charge in [0, 0.05) is 6.42 Å². The van der Waals surface area contributed by atoms with Gasteiger partial charge < -0.3 is 15.0 Å². The van der Waals surface area contributed by atoms with Crippen molar-refractivity contribution in [3.05, 3.63) is 0 Å². The molecule has 0 radical (unpaired) electrons. The topological polar surface area (TPSA) is 74.6 Å². The van der Waals surface area contributed by atoms with Gasteiger partial charge in [-0.1, -0.05) is 0 Å². The van der Waals surface area contributed by atoms with Crippen LogP contribution in [0.1, 0.15) is 12.8 Å². The Morgan fingerprint density at radius 1 is 1.67 bits per heavy atom. The van der Waals surface area contributed by atoms with Gasteiger partial charge in [0.25, 0.3) is 0 Å². The van der Waals surface area contributed by atoms with Crippen LogP contribution in [0.15, 0.2) is 0 Å². The van der Waals surface area contributed by atoms with E-state index < -0.39 is 12.1 Å². The summed E-state index contributed by atoms with van der Waals surface area (Å²) < 4.78 is 0. The summed E-state index contributed by atoms with van der Waals surface area (Å²) in [6.45, 7) is 0. The lowest BCUT2D eigenvalue weighted by atomic mass is 10.2. The zero-order chi connectivity index (χ0) is 7.28. The lowest BCUT2D eigenvalue weighted by Gasteiger charge is -1.96. The number of hydrogen-bond acceptors (Lipinski definition) is 3. The van der Waals surface area contributed by atoms with E-state index in [1.54, 1.807) is 0 Å². The minimum atomic E-state index is -1.12. The SMILES string of the molecule is O=C[C@H](O)CCC(=O)O. The molecule has 4 nitrogen and oxygen atoms in total. The third-order valence-electron chi connectivity index (χ3n) is 0.811. The molecule has 0 amide bonds. The molecule has 0 aliphatic heterocycles. The standard InChI is InChI=1S/C5H8O4/c6-3-4(7)1-2-5(8)9/h3-4,7H,1-2H2,(H,8,9)/t4-/m1/s1. The lowest BCUT2D eigenvalue weighted by molar-refractivity contribution is -0.137. The maximum Gasteiger partial charge on any atom is 0.303 e. The third-order valence-corrected chi connectivity index (χ3v) is 0.811. The van der Waals surface area contributed by atoms with Gasteiger partial charge in [-0.25, -0.2) is 0 Å². The highest BCUT2D eigenvalue weighted by atomic mass is 16.4. The zero-order valence-electron chi connectivity index (χ0n) is 4.78. The maximum atomic E-state index is 9.79. The van der Waals surface area contributed by atoms with Gasteiger partial charge in [0.1, 0.15) is 12.4 Å². The second-order valence-corrected chi connectivity index (χ2v) is 1.64. The van der Waals surface area contributed by atoms with Gasteiger partial charge in [0.15, 0.2) is 0 Å². The molecule has 0 spiro atoms. The fourth-order valence-corrected chi connectivity index (χ4v) is 0.339. The summed E-state index contributed by atoms with van der Waals surface area (Å²) in [5.41, 5.74) is 0. The van der Waals surface area contributed by atoms with Crippen molar-refractivity contribution in [2.24, 2.45) is 0 Å². The molecule has 52 valence electrons. The average Bonchev–Trinajstić information content (AvgIpc) is 1.83. The number of carbonyl (C=O) groups excluding carboxylic acids is 1. The van der Waals surface area contributed by atoms with Crippen LogP contribution in [0.4, 0.5) is 0 Å². The highest BCUT2D eigenvalue weighted by Gasteiger charge is 2.03. The third kappa shape index (κ3) is 4.96. The van der Waals surface area contributed by atoms with Crippen LogP contribution in [0.2, 0.25) is 0 Å². The van der Waals surface area contributed by atoms with Gasteiger partial charge in [0.05, 0.1) is 0 Å². The van der Waals surface area contributed by atoms with Crippen molar-refractivity contribution in [2.45, 2.75) is 18.9 Å². The average molecular weight is 132 g/mol. The van der Waals surface area contributed by atoms with Gasteiger partial charge >= 0.3 is 5.97 Å². The van der Waals surface area contributed by atoms with Crippen molar-refractivity contribution in [1.29, 1.82) is 0 Å². The quantitative estimate of drug-likeness (QED) is 0.501. The number of aldehydes is 1. The number of rotatable bonds is 4. The van der Waals surface area contributed by atoms with Crippen molar-refractivity contribution in [3.8, 4) is 0 Å². The Labute approximate surface area is 52.1 Å². The summed E-state index contributed by atoms with van der Waals surface area (Å²) in [6.07, 6.45) is -0.970. The van der Waals surface area contributed by atoms with Crippen LogP contribution in [0.25, 0.3) is 0 Å². The van der Waals surface area contributed by atoms with Crippen LogP contribution >= 0.6 is 0 Å². The smallest absolute Gasteiger partial charge is 0.303 e. The van der Waals surface area contributed by atoms with Gasteiger partial charge in [0.2, 0.25) is 0 Å². The Morgan fingerprint density at radius 3 is 2.56 bits per heavy atom. The molecule has 9 heavy (non-hydrogen) atoms. The van der Waals surface area contributed by atoms with Crippen LogP contribution in [0.3, 0.4) is 0 Å². The van der Waals surface area contributed by atoms with Crippen LogP contribution in [0.5, 0.6) is 0 Å². The summed E-state index contributed by atoms with van der Waals surface area (Å²) in [5.74, 6) is -1.00. The number of aliphatic hydroxyl groups is 1. The van der Waals surface area contributed by atoms with E-state index in [-0.39, 0.29) is 12.8 Å². The molecule has 2 N–H and O–H groups in total. The Morgan fingerprint density at radius 2 is 2.22 bits per heavy atom. The largest absolute Gasteiger partial charge is 0.481 e. The van der Waals surface area contributed by atoms with Gasteiger partial charge in [-0.15, -0.1) is 0 Å². The number of hydrogen-bond donors (Lipinski definition) is 2. The van der Waals surface area contributed by atoms with E-state index in [9.17, 15) is 9.59 Å². The molecule has 0 saturated carbocycles. The van der Waals surface area contributed by atoms with Gasteiger partial charge in [-0.3, -0.25) is 4.79 Å². The van der Waals surface area contributed by atoms with E-state index in [1.165, 1.54) is 0 Å². The van der Waals surface area contributed by atoms with Crippen LogP contribution < -0.4 is 0 Å². The highest BCUT2D eigenvalue weighted by Crippen LogP contribution is 1.92. The van der Waals surface area contributed by atoms with Crippen molar-refractivity contribution < 1.29 is 19.8 Å². The first-order valence-corrected chi connectivity index (χ1v) is 2.52. The number of aliphatic carboxylic acids is 1. The summed E-state index contributed by atoms with van der Waals surface area (Å²) in [6, 6.07) is 0. The molecule has 0 aromatic carbocycles. The summed E-state index contributed by atoms with van der Waals surface area (Å²) in [7, 11) is 0. The Balaban J connectivity index is 3.26. The molecule has 0 aliphatic rings. The maximum absolute atomic E-state index is 9.79. The molecule has 0 aromatic heterocycles. The first kappa shape index (κ1) is 8.10. The number of carbonyl (C=O) groups is 2. The van der Waals surface area contributed by atoms with Crippen molar-refractivity contribution in [2.75, 3.05) is 0 Å². The van der Waals surface area contributed by atoms with Crippen molar-refractivity contribution >= 4 is 12.3 Å². The van der Waals surface area contributed by atoms with E-state index in [2.05, 4.69) is 0 Å². The molecule has 0 unspecified atom stereocenters. The second-order valence-electron chi connectivity index (χ2n) is 1.64. The van der Waals surface area contributed by atoms with Crippen LogP contribution in [-0.4, -0.2) is 28.6 Å². The minimum absolute atomic E-state index is 0.00116. The molecule has 0 fully saturated rings. The predicted molar refractivity (Wildman–Crippen MR) is 28.9 cm³/mol. The lowest BCUT2D eigenvalue weighted by Crippen LogP contribution is -2.09. The summed E-state index contributed by atoms with van der Waals surface area (Å²) >= 11 is 0. The van der Waals surface area contributed by atoms with E-state index in [0.29, 0.717) is 6.29 Å². The van der Waals surface area contributed by atoms with E-state index in [4.69, 9.17) is 10.2 Å². The molecule has 0 saturated heterocycles. The Hall–Kier alpha value is -0.900. The number of aliphatic hydroxyl groups excluding tert-OH is 1. The first-order valence-electron chi connectivity index (χ1n) is 2.52. The zero-order valence-corrected chi connectivity index (χ0v) is 4.78. The molecular weight excluding hydrogens is 124 g/mol. The van der Waals surface area contributed by atoms with Crippen LogP contribution in [-0.2, 0) is 9.59 Å². The molecule has 0 aromatic rings. The molecule has 0 bridgehead atoms. The highest BCUT2D eigenvalue weighted by molar-refractivity contribution is 5.67. The molecule has 0 rings (SSSR count). The van der Waals surface area contributed by atoms with Gasteiger partial charge in [-0.2, -0.15) is 0 Å². The first-order chi connectivity index (χ1) is 4.16. The molecule has 0 aliphatic carbocycles. The fourth-order valence-electron chi connectivity index (χ4n) is 0.339. The normalized spacial score (nSPS) is 12.6. The fraction of sp³-hybridized carbons (Fsp3) is 0.600. The Bertz CT molecular complexity index is 110. The second kappa shape index (κ2) is 4.03. The Kier molecular flexibility index (Phi) is 3.62. The van der Waals surface area contributed by atoms with Crippen LogP contribution in [0, 0.1) is 0 Å². The molecule has 4 heteroatoms. The predicted octanol–water partition coefficient (Wildman–Crippen LogP) is -0.589. The van der Waals surface area contributed by atoms with Crippen molar-refractivity contribution in [1.82, 2.24) is 0 Å².